The Bertz CT molecular complexity index is 200. The second kappa shape index (κ2) is 12.9. The summed E-state index contributed by atoms with van der Waals surface area (Å²) in [4.78, 5) is 0. The lowest BCUT2D eigenvalue weighted by molar-refractivity contribution is -0.380. The van der Waals surface area contributed by atoms with Gasteiger partial charge < -0.3 is 14.2 Å². The normalized spacial score (nSPS) is 13.7. The summed E-state index contributed by atoms with van der Waals surface area (Å²) >= 11 is 4.30. The van der Waals surface area contributed by atoms with Crippen molar-refractivity contribution in [2.24, 2.45) is 5.92 Å². The van der Waals surface area contributed by atoms with E-state index in [1.165, 1.54) is 38.5 Å². The van der Waals surface area contributed by atoms with Crippen molar-refractivity contribution in [3.05, 3.63) is 0 Å². The molecule has 1 atom stereocenters. The molecule has 0 aromatic heterocycles. The van der Waals surface area contributed by atoms with Crippen molar-refractivity contribution in [3.63, 3.8) is 0 Å². The van der Waals surface area contributed by atoms with Crippen molar-refractivity contribution in [1.82, 2.24) is 0 Å². The van der Waals surface area contributed by atoms with Gasteiger partial charge in [-0.25, -0.2) is 0 Å². The number of rotatable bonds is 14. The van der Waals surface area contributed by atoms with E-state index in [2.05, 4.69) is 19.6 Å². The van der Waals surface area contributed by atoms with Gasteiger partial charge in [-0.2, -0.15) is 12.6 Å². The molecule has 0 radical (unpaired) electrons. The molecule has 0 bridgehead atoms. The number of ether oxygens (including phenoxy) is 3. The molecule has 0 aromatic rings. The molecule has 0 aliphatic heterocycles. The maximum Gasteiger partial charge on any atom is 0.285 e. The molecule has 0 amide bonds. The molecule has 0 spiro atoms. The average molecular weight is 307 g/mol. The fourth-order valence-corrected chi connectivity index (χ4v) is 2.94. The van der Waals surface area contributed by atoms with Crippen molar-refractivity contribution < 1.29 is 14.2 Å². The summed E-state index contributed by atoms with van der Waals surface area (Å²) in [5.74, 6) is 0.257. The van der Waals surface area contributed by atoms with Crippen molar-refractivity contribution >= 4 is 12.6 Å². The van der Waals surface area contributed by atoms with Gasteiger partial charge in [0.15, 0.2) is 0 Å². The third kappa shape index (κ3) is 7.30. The Labute approximate surface area is 131 Å². The van der Waals surface area contributed by atoms with Gasteiger partial charge in [-0.3, -0.25) is 0 Å². The van der Waals surface area contributed by atoms with Gasteiger partial charge in [0.1, 0.15) is 0 Å². The van der Waals surface area contributed by atoms with Crippen molar-refractivity contribution in [2.75, 3.05) is 27.1 Å². The maximum absolute atomic E-state index is 5.52. The van der Waals surface area contributed by atoms with Crippen LogP contribution < -0.4 is 0 Å². The highest BCUT2D eigenvalue weighted by Crippen LogP contribution is 2.32. The lowest BCUT2D eigenvalue weighted by Gasteiger charge is -2.36. The van der Waals surface area contributed by atoms with E-state index in [4.69, 9.17) is 14.2 Å². The molecule has 0 aliphatic carbocycles. The van der Waals surface area contributed by atoms with E-state index < -0.39 is 5.97 Å². The van der Waals surface area contributed by atoms with E-state index >= 15 is 0 Å². The molecule has 4 heteroatoms. The van der Waals surface area contributed by atoms with E-state index in [0.717, 1.165) is 25.0 Å². The van der Waals surface area contributed by atoms with Crippen LogP contribution in [0.15, 0.2) is 0 Å². The SMILES string of the molecule is CCCCCCCC[C@H](CCCS)C(OC)(OC)OC. The van der Waals surface area contributed by atoms with Crippen LogP contribution >= 0.6 is 12.6 Å². The zero-order chi connectivity index (χ0) is 15.3. The summed E-state index contributed by atoms with van der Waals surface area (Å²) < 4.78 is 16.6. The average Bonchev–Trinajstić information content (AvgIpc) is 2.49. The monoisotopic (exact) mass is 306 g/mol. The predicted molar refractivity (Wildman–Crippen MR) is 88.3 cm³/mol. The van der Waals surface area contributed by atoms with E-state index in [9.17, 15) is 0 Å². The predicted octanol–water partition coefficient (Wildman–Crippen LogP) is 4.66. The molecule has 20 heavy (non-hydrogen) atoms. The maximum atomic E-state index is 5.52. The summed E-state index contributed by atoms with van der Waals surface area (Å²) in [5, 5.41) is 0. The molecule has 0 saturated heterocycles. The minimum absolute atomic E-state index is 0.265. The first kappa shape index (κ1) is 20.2. The molecule has 0 unspecified atom stereocenters. The Morgan fingerprint density at radius 1 is 0.800 bits per heavy atom. The Hall–Kier alpha value is 0.230. The fraction of sp³-hybridized carbons (Fsp3) is 1.00. The molecule has 0 fully saturated rings. The van der Waals surface area contributed by atoms with Gasteiger partial charge in [-0.1, -0.05) is 45.4 Å². The van der Waals surface area contributed by atoms with Crippen LogP contribution in [0.2, 0.25) is 0 Å². The minimum atomic E-state index is -0.896. The first-order chi connectivity index (χ1) is 9.70. The van der Waals surface area contributed by atoms with E-state index in [0.29, 0.717) is 0 Å². The lowest BCUT2D eigenvalue weighted by Crippen LogP contribution is -2.44. The van der Waals surface area contributed by atoms with Crippen molar-refractivity contribution in [3.8, 4) is 0 Å². The van der Waals surface area contributed by atoms with E-state index in [1.807, 2.05) is 0 Å². The van der Waals surface area contributed by atoms with Gasteiger partial charge in [-0.15, -0.1) is 0 Å². The third-order valence-corrected chi connectivity index (χ3v) is 4.29. The zero-order valence-corrected chi connectivity index (χ0v) is 14.7. The van der Waals surface area contributed by atoms with Gasteiger partial charge in [0, 0.05) is 27.2 Å². The van der Waals surface area contributed by atoms with Crippen LogP contribution in [0.4, 0.5) is 0 Å². The number of hydrogen-bond acceptors (Lipinski definition) is 4. The summed E-state index contributed by atoms with van der Waals surface area (Å²) in [6.45, 7) is 2.25. The van der Waals surface area contributed by atoms with Gasteiger partial charge in [0.25, 0.3) is 5.97 Å². The molecular weight excluding hydrogens is 272 g/mol. The smallest absolute Gasteiger partial charge is 0.285 e. The largest absolute Gasteiger partial charge is 0.331 e. The molecule has 0 heterocycles. The summed E-state index contributed by atoms with van der Waals surface area (Å²) in [6.07, 6.45) is 11.0. The van der Waals surface area contributed by atoms with Crippen molar-refractivity contribution in [2.45, 2.75) is 70.7 Å². The highest BCUT2D eigenvalue weighted by Gasteiger charge is 2.39. The molecule has 0 N–H and O–H groups in total. The van der Waals surface area contributed by atoms with Crippen LogP contribution in [-0.4, -0.2) is 33.1 Å². The van der Waals surface area contributed by atoms with Crippen molar-refractivity contribution in [1.29, 1.82) is 0 Å². The van der Waals surface area contributed by atoms with Gasteiger partial charge in [0.2, 0.25) is 0 Å². The molecule has 0 saturated carbocycles. The van der Waals surface area contributed by atoms with Crippen LogP contribution in [0, 0.1) is 5.92 Å². The van der Waals surface area contributed by atoms with Crippen LogP contribution in [-0.2, 0) is 14.2 Å². The number of methoxy groups -OCH3 is 3. The van der Waals surface area contributed by atoms with E-state index in [-0.39, 0.29) is 5.92 Å². The highest BCUT2D eigenvalue weighted by atomic mass is 32.1. The molecule has 0 aromatic carbocycles. The minimum Gasteiger partial charge on any atom is -0.331 e. The first-order valence-electron chi connectivity index (χ1n) is 7.97. The Morgan fingerprint density at radius 3 is 1.80 bits per heavy atom. The Kier molecular flexibility index (Phi) is 13.1. The van der Waals surface area contributed by atoms with Gasteiger partial charge >= 0.3 is 0 Å². The van der Waals surface area contributed by atoms with Crippen LogP contribution in [0.3, 0.4) is 0 Å². The fourth-order valence-electron chi connectivity index (χ4n) is 2.76. The summed E-state index contributed by atoms with van der Waals surface area (Å²) in [6, 6.07) is 0. The standard InChI is InChI=1S/C16H34O3S/c1-5-6-7-8-9-10-12-15(13-11-14-20)16(17-2,18-3)19-4/h15,20H,5-14H2,1-4H3/t15-/m1/s1. The van der Waals surface area contributed by atoms with Gasteiger partial charge in [-0.05, 0) is 25.0 Å². The summed E-state index contributed by atoms with van der Waals surface area (Å²) in [7, 11) is 4.96. The number of hydrogen-bond donors (Lipinski definition) is 1. The Morgan fingerprint density at radius 2 is 1.30 bits per heavy atom. The summed E-state index contributed by atoms with van der Waals surface area (Å²) in [5.41, 5.74) is 0. The molecule has 0 aliphatic rings. The Balaban J connectivity index is 4.25. The third-order valence-electron chi connectivity index (χ3n) is 3.97. The quantitative estimate of drug-likeness (QED) is 0.287. The number of thiol groups is 1. The molecule has 122 valence electrons. The van der Waals surface area contributed by atoms with Crippen LogP contribution in [0.1, 0.15) is 64.7 Å². The van der Waals surface area contributed by atoms with Crippen LogP contribution in [0.25, 0.3) is 0 Å². The van der Waals surface area contributed by atoms with Crippen LogP contribution in [0.5, 0.6) is 0 Å². The topological polar surface area (TPSA) is 27.7 Å². The second-order valence-corrected chi connectivity index (χ2v) is 5.78. The first-order valence-corrected chi connectivity index (χ1v) is 8.60. The second-order valence-electron chi connectivity index (χ2n) is 5.34. The zero-order valence-electron chi connectivity index (χ0n) is 13.8. The molecular formula is C16H34O3S. The van der Waals surface area contributed by atoms with E-state index in [1.54, 1.807) is 21.3 Å². The lowest BCUT2D eigenvalue weighted by atomic mass is 9.93. The molecule has 3 nitrogen and oxygen atoms in total. The van der Waals surface area contributed by atoms with Gasteiger partial charge in [0.05, 0.1) is 0 Å². The highest BCUT2D eigenvalue weighted by molar-refractivity contribution is 7.80. The molecule has 0 rings (SSSR count). The number of unbranched alkanes of at least 4 members (excludes halogenated alkanes) is 5.